The van der Waals surface area contributed by atoms with Crippen molar-refractivity contribution in [3.63, 3.8) is 0 Å². The van der Waals surface area contributed by atoms with E-state index in [1.807, 2.05) is 0 Å². The molecule has 0 aliphatic heterocycles. The fourth-order valence-electron chi connectivity index (χ4n) is 1.64. The fraction of sp³-hybridized carbons (Fsp3) is 0.214. The predicted molar refractivity (Wildman–Crippen MR) is 86.4 cm³/mol. The fourth-order valence-corrected chi connectivity index (χ4v) is 1.82. The van der Waals surface area contributed by atoms with E-state index in [1.165, 1.54) is 7.11 Å². The molecule has 2 N–H and O–H groups in total. The van der Waals surface area contributed by atoms with Crippen molar-refractivity contribution in [2.75, 3.05) is 31.4 Å². The topological polar surface area (TPSA) is 81.2 Å². The largest absolute Gasteiger partial charge is 0.495 e. The van der Waals surface area contributed by atoms with Gasteiger partial charge in [-0.2, -0.15) is 15.0 Å². The Labute approximate surface area is 133 Å². The number of nitrogens with one attached hydrogen (secondary N) is 2. The summed E-state index contributed by atoms with van der Waals surface area (Å²) in [7, 11) is 3.05. The summed E-state index contributed by atoms with van der Waals surface area (Å²) in [5.74, 6) is 1.29. The molecule has 0 bridgehead atoms. The number of methoxy groups -OCH3 is 2. The Kier molecular flexibility index (Phi) is 5.37. The van der Waals surface area contributed by atoms with Gasteiger partial charge in [0.25, 0.3) is 0 Å². The molecular weight excluding hydrogens is 306 g/mol. The monoisotopic (exact) mass is 321 g/mol. The summed E-state index contributed by atoms with van der Waals surface area (Å²) in [6.07, 6.45) is 1.70. The van der Waals surface area contributed by atoms with Crippen molar-refractivity contribution in [3.8, 4) is 11.8 Å². The second kappa shape index (κ2) is 7.46. The van der Waals surface area contributed by atoms with Gasteiger partial charge in [0.1, 0.15) is 5.75 Å². The molecule has 0 spiro atoms. The summed E-state index contributed by atoms with van der Waals surface area (Å²) >= 11 is 6.00. The number of anilines is 3. The first-order valence-electron chi connectivity index (χ1n) is 6.41. The Bertz CT molecular complexity index is 666. The minimum absolute atomic E-state index is 0.185. The molecule has 1 aromatic heterocycles. The highest BCUT2D eigenvalue weighted by Gasteiger charge is 2.10. The van der Waals surface area contributed by atoms with Gasteiger partial charge in [-0.3, -0.25) is 0 Å². The summed E-state index contributed by atoms with van der Waals surface area (Å²) in [6.45, 7) is 4.15. The van der Waals surface area contributed by atoms with E-state index in [-0.39, 0.29) is 6.01 Å². The molecule has 116 valence electrons. The molecule has 0 unspecified atom stereocenters. The Morgan fingerprint density at radius 1 is 1.18 bits per heavy atom. The van der Waals surface area contributed by atoms with Crippen molar-refractivity contribution in [1.29, 1.82) is 0 Å². The lowest BCUT2D eigenvalue weighted by Gasteiger charge is -2.11. The normalized spacial score (nSPS) is 9.95. The highest BCUT2D eigenvalue weighted by atomic mass is 35.5. The van der Waals surface area contributed by atoms with E-state index in [0.29, 0.717) is 34.9 Å². The lowest BCUT2D eigenvalue weighted by molar-refractivity contribution is 0.379. The van der Waals surface area contributed by atoms with Gasteiger partial charge >= 0.3 is 6.01 Å². The molecule has 7 nitrogen and oxygen atoms in total. The van der Waals surface area contributed by atoms with E-state index < -0.39 is 0 Å². The van der Waals surface area contributed by atoms with Crippen LogP contribution in [0.1, 0.15) is 0 Å². The van der Waals surface area contributed by atoms with E-state index in [4.69, 9.17) is 21.1 Å². The van der Waals surface area contributed by atoms with Crippen LogP contribution < -0.4 is 20.1 Å². The van der Waals surface area contributed by atoms with Crippen molar-refractivity contribution in [3.05, 3.63) is 35.9 Å². The van der Waals surface area contributed by atoms with Crippen molar-refractivity contribution in [2.45, 2.75) is 0 Å². The van der Waals surface area contributed by atoms with Gasteiger partial charge in [0, 0.05) is 11.6 Å². The zero-order valence-corrected chi connectivity index (χ0v) is 13.0. The van der Waals surface area contributed by atoms with Crippen LogP contribution in [0.15, 0.2) is 30.9 Å². The van der Waals surface area contributed by atoms with E-state index in [0.717, 1.165) is 0 Å². The quantitative estimate of drug-likeness (QED) is 0.759. The lowest BCUT2D eigenvalue weighted by Crippen LogP contribution is -2.08. The Hall–Kier alpha value is -2.54. The molecular formula is C14H16ClN5O2. The molecule has 0 radical (unpaired) electrons. The first-order valence-corrected chi connectivity index (χ1v) is 6.79. The van der Waals surface area contributed by atoms with Gasteiger partial charge in [0.05, 0.1) is 19.9 Å². The smallest absolute Gasteiger partial charge is 0.322 e. The van der Waals surface area contributed by atoms with Gasteiger partial charge in [-0.15, -0.1) is 6.58 Å². The van der Waals surface area contributed by atoms with Crippen LogP contribution in [-0.4, -0.2) is 35.7 Å². The van der Waals surface area contributed by atoms with Crippen LogP contribution in [0.4, 0.5) is 17.6 Å². The van der Waals surface area contributed by atoms with Gasteiger partial charge in [-0.05, 0) is 18.2 Å². The van der Waals surface area contributed by atoms with Crippen molar-refractivity contribution >= 4 is 29.2 Å². The molecule has 0 saturated carbocycles. The minimum Gasteiger partial charge on any atom is -0.495 e. The molecule has 0 saturated heterocycles. The molecule has 1 aromatic carbocycles. The zero-order valence-electron chi connectivity index (χ0n) is 12.3. The van der Waals surface area contributed by atoms with E-state index in [2.05, 4.69) is 32.2 Å². The van der Waals surface area contributed by atoms with Crippen molar-refractivity contribution in [2.24, 2.45) is 0 Å². The highest BCUT2D eigenvalue weighted by Crippen LogP contribution is 2.29. The number of halogens is 1. The molecule has 0 aliphatic rings. The van der Waals surface area contributed by atoms with Crippen LogP contribution in [0, 0.1) is 0 Å². The van der Waals surface area contributed by atoms with E-state index >= 15 is 0 Å². The number of aromatic nitrogens is 3. The zero-order chi connectivity index (χ0) is 15.9. The van der Waals surface area contributed by atoms with E-state index in [1.54, 1.807) is 31.4 Å². The lowest BCUT2D eigenvalue weighted by atomic mass is 10.3. The van der Waals surface area contributed by atoms with Crippen LogP contribution in [-0.2, 0) is 0 Å². The number of hydrogen-bond donors (Lipinski definition) is 2. The number of benzene rings is 1. The maximum atomic E-state index is 6.00. The second-order valence-electron chi connectivity index (χ2n) is 4.11. The molecule has 0 atom stereocenters. The standard InChI is InChI=1S/C14H16ClN5O2/c1-4-7-16-12-18-13(20-14(19-12)22-3)17-10-8-9(15)5-6-11(10)21-2/h4-6,8H,1,7H2,2-3H3,(H2,16,17,18,19,20). The average molecular weight is 322 g/mol. The molecule has 1 heterocycles. The Morgan fingerprint density at radius 3 is 2.64 bits per heavy atom. The van der Waals surface area contributed by atoms with Crippen LogP contribution in [0.25, 0.3) is 0 Å². The van der Waals surface area contributed by atoms with Crippen LogP contribution >= 0.6 is 11.6 Å². The van der Waals surface area contributed by atoms with Crippen LogP contribution in [0.3, 0.4) is 0 Å². The third-order valence-electron chi connectivity index (χ3n) is 2.61. The Balaban J connectivity index is 2.32. The predicted octanol–water partition coefficient (Wildman–Crippen LogP) is 2.88. The van der Waals surface area contributed by atoms with Gasteiger partial charge in [0.15, 0.2) is 0 Å². The number of hydrogen-bond acceptors (Lipinski definition) is 7. The van der Waals surface area contributed by atoms with E-state index in [9.17, 15) is 0 Å². The van der Waals surface area contributed by atoms with Crippen LogP contribution in [0.5, 0.6) is 11.8 Å². The Morgan fingerprint density at radius 2 is 1.95 bits per heavy atom. The summed E-state index contributed by atoms with van der Waals surface area (Å²) in [6, 6.07) is 5.38. The third-order valence-corrected chi connectivity index (χ3v) is 2.85. The number of rotatable bonds is 7. The van der Waals surface area contributed by atoms with Crippen molar-refractivity contribution in [1.82, 2.24) is 15.0 Å². The first-order chi connectivity index (χ1) is 10.7. The number of ether oxygens (including phenoxy) is 2. The first kappa shape index (κ1) is 15.8. The molecule has 2 aromatic rings. The van der Waals surface area contributed by atoms with Gasteiger partial charge < -0.3 is 20.1 Å². The second-order valence-corrected chi connectivity index (χ2v) is 4.54. The summed E-state index contributed by atoms with van der Waals surface area (Å²) < 4.78 is 10.3. The summed E-state index contributed by atoms with van der Waals surface area (Å²) in [5.41, 5.74) is 0.637. The number of nitrogens with zero attached hydrogens (tertiary/aromatic N) is 3. The summed E-state index contributed by atoms with van der Waals surface area (Å²) in [5, 5.41) is 6.58. The molecule has 0 aliphatic carbocycles. The molecule has 0 amide bonds. The van der Waals surface area contributed by atoms with Gasteiger partial charge in [-0.25, -0.2) is 0 Å². The SMILES string of the molecule is C=CCNc1nc(Nc2cc(Cl)ccc2OC)nc(OC)n1. The molecule has 8 heteroatoms. The molecule has 2 rings (SSSR count). The maximum absolute atomic E-state index is 6.00. The average Bonchev–Trinajstić information content (AvgIpc) is 2.53. The van der Waals surface area contributed by atoms with Crippen molar-refractivity contribution < 1.29 is 9.47 Å². The van der Waals surface area contributed by atoms with Crippen LogP contribution in [0.2, 0.25) is 5.02 Å². The summed E-state index contributed by atoms with van der Waals surface area (Å²) in [4.78, 5) is 12.5. The van der Waals surface area contributed by atoms with Gasteiger partial charge in [0.2, 0.25) is 11.9 Å². The molecule has 0 fully saturated rings. The van der Waals surface area contributed by atoms with Gasteiger partial charge in [-0.1, -0.05) is 17.7 Å². The highest BCUT2D eigenvalue weighted by molar-refractivity contribution is 6.30. The molecule has 22 heavy (non-hydrogen) atoms. The third kappa shape index (κ3) is 3.98. The maximum Gasteiger partial charge on any atom is 0.322 e. The minimum atomic E-state index is 0.185.